The van der Waals surface area contributed by atoms with E-state index in [1.807, 2.05) is 31.3 Å². The number of halogens is 3. The van der Waals surface area contributed by atoms with Crippen LogP contribution in [0.25, 0.3) is 27.6 Å². The lowest BCUT2D eigenvalue weighted by Gasteiger charge is -2.10. The van der Waals surface area contributed by atoms with Gasteiger partial charge in [-0.3, -0.25) is 19.0 Å². The molecule has 172 valence electrons. The van der Waals surface area contributed by atoms with Gasteiger partial charge in [-0.2, -0.15) is 18.3 Å². The fourth-order valence-corrected chi connectivity index (χ4v) is 4.07. The molecule has 0 aliphatic heterocycles. The molecule has 0 atom stereocenters. The van der Waals surface area contributed by atoms with Crippen molar-refractivity contribution in [1.82, 2.24) is 24.6 Å². The Labute approximate surface area is 192 Å². The molecule has 0 radical (unpaired) electrons. The number of hydrogen-bond acceptors (Lipinski definition) is 3. The molecule has 5 rings (SSSR count). The minimum absolute atomic E-state index is 0.246. The zero-order chi connectivity index (χ0) is 24.0. The van der Waals surface area contributed by atoms with Gasteiger partial charge in [-0.1, -0.05) is 6.07 Å². The minimum Gasteiger partial charge on any atom is -0.346 e. The van der Waals surface area contributed by atoms with E-state index in [-0.39, 0.29) is 5.91 Å². The van der Waals surface area contributed by atoms with Crippen LogP contribution in [0.4, 0.5) is 13.2 Å². The summed E-state index contributed by atoms with van der Waals surface area (Å²) >= 11 is 0. The second-order valence-corrected chi connectivity index (χ2v) is 8.11. The Kier molecular flexibility index (Phi) is 5.11. The molecule has 3 aromatic heterocycles. The van der Waals surface area contributed by atoms with Gasteiger partial charge < -0.3 is 5.32 Å². The number of amides is 1. The highest BCUT2D eigenvalue weighted by Crippen LogP contribution is 2.34. The number of hydrogen-bond donors (Lipinski definition) is 1. The van der Waals surface area contributed by atoms with Crippen molar-refractivity contribution in [3.05, 3.63) is 89.4 Å². The van der Waals surface area contributed by atoms with Crippen LogP contribution in [0.2, 0.25) is 0 Å². The summed E-state index contributed by atoms with van der Waals surface area (Å²) in [4.78, 5) is 17.2. The molecule has 0 bridgehead atoms. The first-order valence-corrected chi connectivity index (χ1v) is 10.6. The zero-order valence-electron chi connectivity index (χ0n) is 18.4. The molecule has 0 saturated heterocycles. The Hall–Kier alpha value is -4.14. The van der Waals surface area contributed by atoms with E-state index in [9.17, 15) is 18.0 Å². The molecule has 6 nitrogen and oxygen atoms in total. The molecule has 3 heterocycles. The molecule has 0 aliphatic carbocycles. The molecular weight excluding hydrogens is 443 g/mol. The Bertz CT molecular complexity index is 1530. The van der Waals surface area contributed by atoms with Gasteiger partial charge in [-0.15, -0.1) is 0 Å². The largest absolute Gasteiger partial charge is 0.416 e. The summed E-state index contributed by atoms with van der Waals surface area (Å²) in [5.41, 5.74) is 3.28. The number of pyridine rings is 1. The molecular formula is C25H20F3N5O. The number of rotatable bonds is 4. The van der Waals surface area contributed by atoms with Crippen molar-refractivity contribution in [2.75, 3.05) is 0 Å². The molecule has 1 N–H and O–H groups in total. The van der Waals surface area contributed by atoms with Gasteiger partial charge in [0.15, 0.2) is 5.65 Å². The van der Waals surface area contributed by atoms with Gasteiger partial charge in [0.25, 0.3) is 5.91 Å². The summed E-state index contributed by atoms with van der Waals surface area (Å²) < 4.78 is 42.5. The highest BCUT2D eigenvalue weighted by atomic mass is 19.4. The van der Waals surface area contributed by atoms with Crippen LogP contribution in [0.3, 0.4) is 0 Å². The number of nitrogens with one attached hydrogen (secondary N) is 1. The lowest BCUT2D eigenvalue weighted by atomic mass is 10.1. The molecule has 0 spiro atoms. The maximum absolute atomic E-state index is 13.0. The van der Waals surface area contributed by atoms with Gasteiger partial charge in [-0.25, -0.2) is 0 Å². The summed E-state index contributed by atoms with van der Waals surface area (Å²) in [5.74, 6) is -0.246. The highest BCUT2D eigenvalue weighted by molar-refractivity contribution is 6.10. The molecule has 1 amide bonds. The number of fused-ring (bicyclic) bond motifs is 3. The quantitative estimate of drug-likeness (QED) is 0.400. The molecule has 9 heteroatoms. The van der Waals surface area contributed by atoms with Gasteiger partial charge in [0.05, 0.1) is 23.3 Å². The van der Waals surface area contributed by atoms with Crippen LogP contribution >= 0.6 is 0 Å². The van der Waals surface area contributed by atoms with E-state index in [1.54, 1.807) is 34.5 Å². The number of alkyl halides is 3. The van der Waals surface area contributed by atoms with E-state index < -0.39 is 11.7 Å². The Balaban J connectivity index is 1.53. The van der Waals surface area contributed by atoms with E-state index in [0.29, 0.717) is 23.4 Å². The van der Waals surface area contributed by atoms with Crippen molar-refractivity contribution < 1.29 is 18.0 Å². The second-order valence-electron chi connectivity index (χ2n) is 8.11. The zero-order valence-corrected chi connectivity index (χ0v) is 18.4. The minimum atomic E-state index is -4.41. The van der Waals surface area contributed by atoms with E-state index >= 15 is 0 Å². The average Bonchev–Trinajstić information content (AvgIpc) is 3.31. The van der Waals surface area contributed by atoms with E-state index in [2.05, 4.69) is 15.4 Å². The van der Waals surface area contributed by atoms with Gasteiger partial charge >= 0.3 is 6.18 Å². The first-order chi connectivity index (χ1) is 16.2. The van der Waals surface area contributed by atoms with Crippen LogP contribution in [0.1, 0.15) is 27.3 Å². The molecule has 34 heavy (non-hydrogen) atoms. The van der Waals surface area contributed by atoms with E-state index in [1.165, 1.54) is 12.1 Å². The molecule has 0 fully saturated rings. The first kappa shape index (κ1) is 21.7. The Morgan fingerprint density at radius 3 is 2.50 bits per heavy atom. The van der Waals surface area contributed by atoms with E-state index in [0.717, 1.165) is 39.8 Å². The number of carbonyl (C=O) groups excluding carboxylic acids is 1. The first-order valence-electron chi connectivity index (χ1n) is 10.6. The molecule has 0 aliphatic rings. The van der Waals surface area contributed by atoms with Crippen molar-refractivity contribution in [3.63, 3.8) is 0 Å². The SMILES string of the molecule is Cc1cccc(CNC(=O)c2ccc3c(c2)c2cn(C)nc2n3-c2ccc(C(F)(F)F)cc2)n1. The van der Waals surface area contributed by atoms with Gasteiger partial charge in [0.2, 0.25) is 0 Å². The van der Waals surface area contributed by atoms with E-state index in [4.69, 9.17) is 0 Å². The van der Waals surface area contributed by atoms with Crippen LogP contribution in [-0.4, -0.2) is 25.2 Å². The predicted octanol–water partition coefficient (Wildman–Crippen LogP) is 5.17. The maximum Gasteiger partial charge on any atom is 0.416 e. The second kappa shape index (κ2) is 8.02. The summed E-state index contributed by atoms with van der Waals surface area (Å²) in [7, 11) is 1.77. The van der Waals surface area contributed by atoms with Crippen molar-refractivity contribution in [1.29, 1.82) is 0 Å². The van der Waals surface area contributed by atoms with Gasteiger partial charge in [-0.05, 0) is 61.5 Å². The number of aryl methyl sites for hydroxylation is 2. The smallest absolute Gasteiger partial charge is 0.346 e. The van der Waals surface area contributed by atoms with Crippen LogP contribution in [0, 0.1) is 6.92 Å². The number of aromatic nitrogens is 4. The van der Waals surface area contributed by atoms with Crippen LogP contribution in [-0.2, 0) is 19.8 Å². The normalized spacial score (nSPS) is 11.9. The third-order valence-corrected chi connectivity index (χ3v) is 5.64. The van der Waals surface area contributed by atoms with Crippen molar-refractivity contribution in [3.8, 4) is 5.69 Å². The number of nitrogens with zero attached hydrogens (tertiary/aromatic N) is 4. The summed E-state index contributed by atoms with van der Waals surface area (Å²) in [5, 5.41) is 8.97. The highest BCUT2D eigenvalue weighted by Gasteiger charge is 2.30. The standard InChI is InChI=1S/C25H20F3N5O/c1-15-4-3-5-18(30-15)13-29-24(34)16-6-11-22-20(12-16)21-14-32(2)31-23(21)33(22)19-9-7-17(8-10-19)25(26,27)28/h3-12,14H,13H2,1-2H3,(H,29,34). The third-order valence-electron chi connectivity index (χ3n) is 5.64. The average molecular weight is 463 g/mol. The lowest BCUT2D eigenvalue weighted by molar-refractivity contribution is -0.137. The molecule has 0 saturated carbocycles. The Morgan fingerprint density at radius 2 is 1.79 bits per heavy atom. The number of carbonyl (C=O) groups is 1. The maximum atomic E-state index is 13.0. The summed E-state index contributed by atoms with van der Waals surface area (Å²) in [6.07, 6.45) is -2.58. The fourth-order valence-electron chi connectivity index (χ4n) is 4.07. The summed E-state index contributed by atoms with van der Waals surface area (Å²) in [6, 6.07) is 15.8. The third kappa shape index (κ3) is 3.89. The molecule has 0 unspecified atom stereocenters. The molecule has 2 aromatic carbocycles. The monoisotopic (exact) mass is 463 g/mol. The van der Waals surface area contributed by atoms with Crippen molar-refractivity contribution in [2.45, 2.75) is 19.6 Å². The fraction of sp³-hybridized carbons (Fsp3) is 0.160. The topological polar surface area (TPSA) is 64.7 Å². The predicted molar refractivity (Wildman–Crippen MR) is 123 cm³/mol. The van der Waals surface area contributed by atoms with Gasteiger partial charge in [0.1, 0.15) is 0 Å². The lowest BCUT2D eigenvalue weighted by Crippen LogP contribution is -2.23. The van der Waals surface area contributed by atoms with Crippen LogP contribution in [0.5, 0.6) is 0 Å². The summed E-state index contributed by atoms with van der Waals surface area (Å²) in [6.45, 7) is 2.19. The number of benzene rings is 2. The van der Waals surface area contributed by atoms with Crippen LogP contribution < -0.4 is 5.32 Å². The van der Waals surface area contributed by atoms with Crippen LogP contribution in [0.15, 0.2) is 66.9 Å². The van der Waals surface area contributed by atoms with Crippen molar-refractivity contribution in [2.24, 2.45) is 7.05 Å². The van der Waals surface area contributed by atoms with Gasteiger partial charge in [0, 0.05) is 41.0 Å². The van der Waals surface area contributed by atoms with Crippen molar-refractivity contribution >= 4 is 27.8 Å². The Morgan fingerprint density at radius 1 is 1.03 bits per heavy atom. The molecule has 5 aromatic rings.